The summed E-state index contributed by atoms with van der Waals surface area (Å²) in [7, 11) is 0. The summed E-state index contributed by atoms with van der Waals surface area (Å²) in [5.41, 5.74) is 3.16. The largest absolute Gasteiger partial charge is 0.464 e. The van der Waals surface area contributed by atoms with E-state index in [9.17, 15) is 9.59 Å². The maximum atomic E-state index is 11.6. The van der Waals surface area contributed by atoms with Crippen LogP contribution in [0, 0.1) is 6.92 Å². The number of rotatable bonds is 2. The number of Topliss-reactive ketones (excluding diaryl/α,β-unsaturated/α-hetero) is 2. The van der Waals surface area contributed by atoms with Gasteiger partial charge in [-0.05, 0) is 42.7 Å². The lowest BCUT2D eigenvalue weighted by atomic mass is 9.81. The van der Waals surface area contributed by atoms with Crippen molar-refractivity contribution in [2.24, 2.45) is 0 Å². The summed E-state index contributed by atoms with van der Waals surface area (Å²) in [6.07, 6.45) is 2.68. The molecule has 0 amide bonds. The third-order valence-corrected chi connectivity index (χ3v) is 3.72. The molecule has 1 fully saturated rings. The van der Waals surface area contributed by atoms with Crippen molar-refractivity contribution >= 4 is 11.6 Å². The van der Waals surface area contributed by atoms with Crippen molar-refractivity contribution in [1.82, 2.24) is 0 Å². The monoisotopic (exact) mass is 268 g/mol. The smallest absolute Gasteiger partial charge is 0.140 e. The predicted molar refractivity (Wildman–Crippen MR) is 75.5 cm³/mol. The van der Waals surface area contributed by atoms with Gasteiger partial charge >= 0.3 is 0 Å². The maximum Gasteiger partial charge on any atom is 0.140 e. The molecule has 2 aromatic rings. The van der Waals surface area contributed by atoms with E-state index in [0.717, 1.165) is 22.5 Å². The number of furan rings is 1. The minimum absolute atomic E-state index is 0.0114. The second-order valence-corrected chi connectivity index (χ2v) is 5.47. The van der Waals surface area contributed by atoms with Gasteiger partial charge in [-0.25, -0.2) is 0 Å². The Labute approximate surface area is 117 Å². The second-order valence-electron chi connectivity index (χ2n) is 5.47. The first-order chi connectivity index (χ1) is 9.61. The van der Waals surface area contributed by atoms with Crippen molar-refractivity contribution in [2.45, 2.75) is 32.1 Å². The van der Waals surface area contributed by atoms with E-state index in [4.69, 9.17) is 4.42 Å². The maximum absolute atomic E-state index is 11.6. The van der Waals surface area contributed by atoms with Crippen LogP contribution in [0.3, 0.4) is 0 Å². The zero-order chi connectivity index (χ0) is 14.1. The van der Waals surface area contributed by atoms with Crippen molar-refractivity contribution in [3.63, 3.8) is 0 Å². The van der Waals surface area contributed by atoms with Gasteiger partial charge in [0.1, 0.15) is 17.3 Å². The number of hydrogen-bond donors (Lipinski definition) is 0. The zero-order valence-corrected chi connectivity index (χ0v) is 11.4. The molecule has 3 heteroatoms. The van der Waals surface area contributed by atoms with E-state index in [-0.39, 0.29) is 23.9 Å². The van der Waals surface area contributed by atoms with E-state index in [2.05, 4.69) is 12.1 Å². The molecule has 0 bridgehead atoms. The Balaban J connectivity index is 1.97. The van der Waals surface area contributed by atoms with E-state index in [0.29, 0.717) is 12.8 Å². The molecule has 0 spiro atoms. The second kappa shape index (κ2) is 5.08. The number of hydrogen-bond acceptors (Lipinski definition) is 3. The van der Waals surface area contributed by atoms with Gasteiger partial charge in [-0.2, -0.15) is 0 Å². The van der Waals surface area contributed by atoms with Gasteiger partial charge in [0.25, 0.3) is 0 Å². The third kappa shape index (κ3) is 2.57. The molecule has 0 N–H and O–H groups in total. The molecule has 0 atom stereocenters. The lowest BCUT2D eigenvalue weighted by Gasteiger charge is -2.21. The average Bonchev–Trinajstić information content (AvgIpc) is 2.90. The zero-order valence-electron chi connectivity index (χ0n) is 11.4. The normalized spacial score (nSPS) is 16.6. The number of benzene rings is 1. The van der Waals surface area contributed by atoms with Crippen molar-refractivity contribution in [1.29, 1.82) is 0 Å². The molecule has 1 aliphatic carbocycles. The van der Waals surface area contributed by atoms with Crippen molar-refractivity contribution < 1.29 is 14.0 Å². The molecule has 20 heavy (non-hydrogen) atoms. The van der Waals surface area contributed by atoms with Crippen LogP contribution in [-0.4, -0.2) is 11.6 Å². The molecule has 1 aromatic carbocycles. The Morgan fingerprint density at radius 1 is 1.10 bits per heavy atom. The van der Waals surface area contributed by atoms with Gasteiger partial charge in [0.2, 0.25) is 0 Å². The van der Waals surface area contributed by atoms with E-state index in [1.807, 2.05) is 25.1 Å². The van der Waals surface area contributed by atoms with Gasteiger partial charge in [-0.15, -0.1) is 0 Å². The molecular formula is C17H16O3. The molecule has 3 nitrogen and oxygen atoms in total. The highest BCUT2D eigenvalue weighted by atomic mass is 16.3. The first kappa shape index (κ1) is 12.9. The van der Waals surface area contributed by atoms with Crippen LogP contribution in [0.15, 0.2) is 41.0 Å². The molecule has 1 saturated carbocycles. The Bertz CT molecular complexity index is 637. The lowest BCUT2D eigenvalue weighted by molar-refractivity contribution is -0.130. The SMILES string of the molecule is Cc1cc(-c2ccco2)cc(C2CC(=O)CC(=O)C2)c1. The van der Waals surface area contributed by atoms with Gasteiger partial charge in [0.15, 0.2) is 0 Å². The summed E-state index contributed by atoms with van der Waals surface area (Å²) in [5.74, 6) is 0.917. The van der Waals surface area contributed by atoms with Crippen LogP contribution in [0.4, 0.5) is 0 Å². The third-order valence-electron chi connectivity index (χ3n) is 3.72. The van der Waals surface area contributed by atoms with Gasteiger partial charge in [0.05, 0.1) is 12.7 Å². The Hall–Kier alpha value is -2.16. The molecule has 1 heterocycles. The van der Waals surface area contributed by atoms with Gasteiger partial charge in [0, 0.05) is 18.4 Å². The van der Waals surface area contributed by atoms with Crippen LogP contribution < -0.4 is 0 Å². The van der Waals surface area contributed by atoms with Gasteiger partial charge in [-0.3, -0.25) is 9.59 Å². The summed E-state index contributed by atoms with van der Waals surface area (Å²) < 4.78 is 5.43. The van der Waals surface area contributed by atoms with Crippen LogP contribution in [0.1, 0.15) is 36.3 Å². The molecule has 102 valence electrons. The summed E-state index contributed by atoms with van der Waals surface area (Å²) in [6.45, 7) is 2.02. The highest BCUT2D eigenvalue weighted by Crippen LogP contribution is 2.33. The van der Waals surface area contributed by atoms with Crippen molar-refractivity contribution in [3.05, 3.63) is 47.7 Å². The summed E-state index contributed by atoms with van der Waals surface area (Å²) in [5, 5.41) is 0. The molecular weight excluding hydrogens is 252 g/mol. The topological polar surface area (TPSA) is 47.3 Å². The highest BCUT2D eigenvalue weighted by Gasteiger charge is 2.27. The summed E-state index contributed by atoms with van der Waals surface area (Å²) in [6, 6.07) is 9.90. The Morgan fingerprint density at radius 3 is 2.50 bits per heavy atom. The van der Waals surface area contributed by atoms with Crippen molar-refractivity contribution in [2.75, 3.05) is 0 Å². The molecule has 0 aliphatic heterocycles. The summed E-state index contributed by atoms with van der Waals surface area (Å²) in [4.78, 5) is 23.2. The van der Waals surface area contributed by atoms with Crippen LogP contribution in [0.5, 0.6) is 0 Å². The highest BCUT2D eigenvalue weighted by molar-refractivity contribution is 6.02. The minimum Gasteiger partial charge on any atom is -0.464 e. The van der Waals surface area contributed by atoms with Gasteiger partial charge < -0.3 is 4.42 Å². The molecule has 0 saturated heterocycles. The van der Waals surface area contributed by atoms with Crippen molar-refractivity contribution in [3.8, 4) is 11.3 Å². The van der Waals surface area contributed by atoms with Crippen LogP contribution in [-0.2, 0) is 9.59 Å². The Kier molecular flexibility index (Phi) is 3.26. The van der Waals surface area contributed by atoms with E-state index in [1.165, 1.54) is 0 Å². The number of aryl methyl sites for hydroxylation is 1. The number of carbonyl (C=O) groups is 2. The summed E-state index contributed by atoms with van der Waals surface area (Å²) >= 11 is 0. The molecule has 0 radical (unpaired) electrons. The first-order valence-corrected chi connectivity index (χ1v) is 6.80. The van der Waals surface area contributed by atoms with Crippen LogP contribution in [0.25, 0.3) is 11.3 Å². The number of ketones is 2. The van der Waals surface area contributed by atoms with Crippen LogP contribution in [0.2, 0.25) is 0 Å². The minimum atomic E-state index is 0.0114. The predicted octanol–water partition coefficient (Wildman–Crippen LogP) is 3.66. The molecule has 3 rings (SSSR count). The van der Waals surface area contributed by atoms with E-state index in [1.54, 1.807) is 6.26 Å². The van der Waals surface area contributed by atoms with Gasteiger partial charge in [-0.1, -0.05) is 11.6 Å². The molecule has 1 aromatic heterocycles. The fourth-order valence-corrected chi connectivity index (χ4v) is 2.86. The quantitative estimate of drug-likeness (QED) is 0.781. The fourth-order valence-electron chi connectivity index (χ4n) is 2.86. The molecule has 1 aliphatic rings. The fraction of sp³-hybridized carbons (Fsp3) is 0.294. The number of carbonyl (C=O) groups excluding carboxylic acids is 2. The molecule has 0 unspecified atom stereocenters. The average molecular weight is 268 g/mol. The van der Waals surface area contributed by atoms with E-state index >= 15 is 0 Å². The van der Waals surface area contributed by atoms with E-state index < -0.39 is 0 Å². The standard InChI is InChI=1S/C17H16O3/c1-11-5-12(13-8-15(18)10-16(19)9-13)7-14(6-11)17-3-2-4-20-17/h2-7,13H,8-10H2,1H3. The lowest BCUT2D eigenvalue weighted by Crippen LogP contribution is -2.21. The first-order valence-electron chi connectivity index (χ1n) is 6.80. The Morgan fingerprint density at radius 2 is 1.85 bits per heavy atom. The van der Waals surface area contributed by atoms with Crippen LogP contribution >= 0.6 is 0 Å².